The van der Waals surface area contributed by atoms with Crippen LogP contribution in [0.1, 0.15) is 32.8 Å². The molecule has 0 radical (unpaired) electrons. The molecule has 0 aromatic heterocycles. The zero-order valence-corrected chi connectivity index (χ0v) is 16.8. The Bertz CT molecular complexity index is 609. The van der Waals surface area contributed by atoms with Gasteiger partial charge in [0, 0.05) is 5.75 Å². The molecule has 1 aromatic rings. The van der Waals surface area contributed by atoms with Gasteiger partial charge in [0.15, 0.2) is 0 Å². The molecule has 2 atom stereocenters. The Morgan fingerprint density at radius 3 is 2.26 bits per heavy atom. The lowest BCUT2D eigenvalue weighted by Gasteiger charge is -2.22. The van der Waals surface area contributed by atoms with Crippen LogP contribution >= 0.6 is 12.6 Å². The van der Waals surface area contributed by atoms with Crippen molar-refractivity contribution in [3.63, 3.8) is 0 Å². The Labute approximate surface area is 165 Å². The molecule has 1 rings (SSSR count). The number of hydrogen-bond donors (Lipinski definition) is 3. The lowest BCUT2D eigenvalue weighted by atomic mass is 10.0. The number of amides is 2. The summed E-state index contributed by atoms with van der Waals surface area (Å²) in [7, 11) is 0. The first-order chi connectivity index (χ1) is 12.9. The van der Waals surface area contributed by atoms with Crippen molar-refractivity contribution in [3.05, 3.63) is 35.9 Å². The van der Waals surface area contributed by atoms with Gasteiger partial charge in [0.2, 0.25) is 5.91 Å². The van der Waals surface area contributed by atoms with Crippen LogP contribution in [0.3, 0.4) is 0 Å². The Kier molecular flexibility index (Phi) is 10.3. The van der Waals surface area contributed by atoms with Crippen LogP contribution in [0.5, 0.6) is 0 Å². The van der Waals surface area contributed by atoms with Gasteiger partial charge in [-0.05, 0) is 24.8 Å². The van der Waals surface area contributed by atoms with Crippen molar-refractivity contribution in [3.8, 4) is 0 Å². The van der Waals surface area contributed by atoms with Crippen LogP contribution in [0.15, 0.2) is 30.3 Å². The zero-order valence-electron chi connectivity index (χ0n) is 15.9. The van der Waals surface area contributed by atoms with E-state index in [0.717, 1.165) is 5.56 Å². The largest absolute Gasteiger partial charge is 0.464 e. The molecule has 2 amide bonds. The Morgan fingerprint density at radius 2 is 1.70 bits per heavy atom. The molecule has 0 fully saturated rings. The fraction of sp³-hybridized carbons (Fsp3) is 0.526. The molecule has 0 unspecified atom stereocenters. The predicted octanol–water partition coefficient (Wildman–Crippen LogP) is 2.31. The number of benzene rings is 1. The van der Waals surface area contributed by atoms with E-state index in [9.17, 15) is 14.4 Å². The third-order valence-corrected chi connectivity index (χ3v) is 3.96. The van der Waals surface area contributed by atoms with Crippen molar-refractivity contribution in [1.29, 1.82) is 0 Å². The highest BCUT2D eigenvalue weighted by atomic mass is 32.1. The maximum absolute atomic E-state index is 12.5. The van der Waals surface area contributed by atoms with Gasteiger partial charge in [-0.1, -0.05) is 44.2 Å². The van der Waals surface area contributed by atoms with E-state index in [-0.39, 0.29) is 24.9 Å². The minimum absolute atomic E-state index is 0.0947. The summed E-state index contributed by atoms with van der Waals surface area (Å²) in [6.07, 6.45) is -0.299. The zero-order chi connectivity index (χ0) is 20.2. The first-order valence-electron chi connectivity index (χ1n) is 8.92. The number of alkyl carbamates (subject to hydrolysis) is 1. The average Bonchev–Trinajstić information content (AvgIpc) is 2.64. The van der Waals surface area contributed by atoms with Crippen LogP contribution in [0, 0.1) is 5.92 Å². The molecular formula is C19H28N2O5S. The highest BCUT2D eigenvalue weighted by Gasteiger charge is 2.27. The first-order valence-corrected chi connectivity index (χ1v) is 9.55. The molecule has 7 nitrogen and oxygen atoms in total. The topological polar surface area (TPSA) is 93.7 Å². The molecule has 150 valence electrons. The average molecular weight is 397 g/mol. The smallest absolute Gasteiger partial charge is 0.408 e. The summed E-state index contributed by atoms with van der Waals surface area (Å²) in [4.78, 5) is 36.5. The van der Waals surface area contributed by atoms with Crippen LogP contribution in [-0.2, 0) is 25.7 Å². The van der Waals surface area contributed by atoms with Gasteiger partial charge >= 0.3 is 12.1 Å². The quantitative estimate of drug-likeness (QED) is 0.417. The van der Waals surface area contributed by atoms with E-state index in [0.29, 0.717) is 6.42 Å². The molecule has 8 heteroatoms. The summed E-state index contributed by atoms with van der Waals surface area (Å²) < 4.78 is 10.1. The summed E-state index contributed by atoms with van der Waals surface area (Å²) in [5.41, 5.74) is 0.843. The molecule has 1 aromatic carbocycles. The number of nitrogens with one attached hydrogen (secondary N) is 2. The van der Waals surface area contributed by atoms with E-state index in [1.54, 1.807) is 6.92 Å². The fourth-order valence-electron chi connectivity index (χ4n) is 2.30. The number of rotatable bonds is 10. The van der Waals surface area contributed by atoms with E-state index < -0.39 is 30.1 Å². The number of esters is 1. The first kappa shape index (κ1) is 22.8. The molecule has 0 aliphatic heterocycles. The minimum atomic E-state index is -0.877. The molecule has 2 N–H and O–H groups in total. The molecule has 0 saturated heterocycles. The Morgan fingerprint density at radius 1 is 1.04 bits per heavy atom. The third-order valence-electron chi connectivity index (χ3n) is 3.60. The summed E-state index contributed by atoms with van der Waals surface area (Å²) in [5.74, 6) is -0.798. The van der Waals surface area contributed by atoms with E-state index >= 15 is 0 Å². The lowest BCUT2D eigenvalue weighted by Crippen LogP contribution is -2.53. The predicted molar refractivity (Wildman–Crippen MR) is 105 cm³/mol. The molecule has 27 heavy (non-hydrogen) atoms. The van der Waals surface area contributed by atoms with Crippen molar-refractivity contribution in [2.24, 2.45) is 5.92 Å². The van der Waals surface area contributed by atoms with E-state index in [1.807, 2.05) is 44.2 Å². The van der Waals surface area contributed by atoms with Crippen LogP contribution in [0.2, 0.25) is 0 Å². The van der Waals surface area contributed by atoms with Gasteiger partial charge in [-0.2, -0.15) is 12.6 Å². The van der Waals surface area contributed by atoms with Crippen molar-refractivity contribution >= 4 is 30.6 Å². The normalized spacial score (nSPS) is 12.8. The Hall–Kier alpha value is -2.22. The fourth-order valence-corrected chi connectivity index (χ4v) is 2.54. The second kappa shape index (κ2) is 12.2. The van der Waals surface area contributed by atoms with Crippen molar-refractivity contribution in [1.82, 2.24) is 10.6 Å². The van der Waals surface area contributed by atoms with E-state index in [4.69, 9.17) is 9.47 Å². The van der Waals surface area contributed by atoms with Crippen LogP contribution < -0.4 is 10.6 Å². The van der Waals surface area contributed by atoms with Gasteiger partial charge in [0.1, 0.15) is 18.7 Å². The SMILES string of the molecule is CCOC(=O)[C@H](CS)NC(=O)[C@H](CC(C)C)NC(=O)OCc1ccccc1. The van der Waals surface area contributed by atoms with Crippen molar-refractivity contribution in [2.75, 3.05) is 12.4 Å². The standard InChI is InChI=1S/C19H28N2O5S/c1-4-25-18(23)16(12-27)20-17(22)15(10-13(2)3)21-19(24)26-11-14-8-6-5-7-9-14/h5-9,13,15-16,27H,4,10-12H2,1-3H3,(H,20,22)(H,21,24)/t15-,16-/m0/s1. The van der Waals surface area contributed by atoms with Crippen LogP contribution in [0.4, 0.5) is 4.79 Å². The number of ether oxygens (including phenoxy) is 2. The summed E-state index contributed by atoms with van der Waals surface area (Å²) in [6, 6.07) is 7.53. The Balaban J connectivity index is 2.65. The number of hydrogen-bond acceptors (Lipinski definition) is 6. The second-order valence-corrected chi connectivity index (χ2v) is 6.75. The van der Waals surface area contributed by atoms with Crippen LogP contribution in [-0.4, -0.2) is 42.4 Å². The minimum Gasteiger partial charge on any atom is -0.464 e. The molecule has 0 aliphatic rings. The van der Waals surface area contributed by atoms with Crippen LogP contribution in [0.25, 0.3) is 0 Å². The van der Waals surface area contributed by atoms with Gasteiger partial charge in [-0.25, -0.2) is 9.59 Å². The number of carbonyl (C=O) groups is 3. The molecule has 0 heterocycles. The van der Waals surface area contributed by atoms with Gasteiger partial charge in [-0.15, -0.1) is 0 Å². The number of thiol groups is 1. The summed E-state index contributed by atoms with van der Waals surface area (Å²) in [5, 5.41) is 5.14. The molecule has 0 bridgehead atoms. The summed E-state index contributed by atoms with van der Waals surface area (Å²) >= 11 is 4.08. The maximum atomic E-state index is 12.5. The molecule has 0 spiro atoms. The highest BCUT2D eigenvalue weighted by Crippen LogP contribution is 2.07. The van der Waals surface area contributed by atoms with Gasteiger partial charge in [-0.3, -0.25) is 4.79 Å². The molecule has 0 aliphatic carbocycles. The highest BCUT2D eigenvalue weighted by molar-refractivity contribution is 7.80. The third kappa shape index (κ3) is 8.81. The van der Waals surface area contributed by atoms with Gasteiger partial charge in [0.05, 0.1) is 6.61 Å². The summed E-state index contributed by atoms with van der Waals surface area (Å²) in [6.45, 7) is 5.85. The van der Waals surface area contributed by atoms with Crippen molar-refractivity contribution < 1.29 is 23.9 Å². The van der Waals surface area contributed by atoms with E-state index in [1.165, 1.54) is 0 Å². The van der Waals surface area contributed by atoms with E-state index in [2.05, 4.69) is 23.3 Å². The number of carbonyl (C=O) groups excluding carboxylic acids is 3. The van der Waals surface area contributed by atoms with Crippen molar-refractivity contribution in [2.45, 2.75) is 45.9 Å². The van der Waals surface area contributed by atoms with Gasteiger partial charge < -0.3 is 20.1 Å². The van der Waals surface area contributed by atoms with Gasteiger partial charge in [0.25, 0.3) is 0 Å². The maximum Gasteiger partial charge on any atom is 0.408 e. The molecule has 0 saturated carbocycles. The second-order valence-electron chi connectivity index (χ2n) is 6.38. The molecular weight excluding hydrogens is 368 g/mol. The lowest BCUT2D eigenvalue weighted by molar-refractivity contribution is -0.146. The monoisotopic (exact) mass is 396 g/mol.